The van der Waals surface area contributed by atoms with E-state index in [0.29, 0.717) is 23.2 Å². The van der Waals surface area contributed by atoms with Crippen molar-refractivity contribution in [3.63, 3.8) is 0 Å². The van der Waals surface area contributed by atoms with E-state index in [-0.39, 0.29) is 24.2 Å². The van der Waals surface area contributed by atoms with E-state index in [1.807, 2.05) is 0 Å². The number of aliphatic hydroxyl groups excluding tert-OH is 3. The van der Waals surface area contributed by atoms with Crippen LogP contribution in [0.5, 0.6) is 0 Å². The fourth-order valence-corrected chi connectivity index (χ4v) is 8.02. The minimum Gasteiger partial charge on any atom is -0.396 e. The molecule has 0 bridgehead atoms. The van der Waals surface area contributed by atoms with Gasteiger partial charge in [0.05, 0.1) is 12.2 Å². The van der Waals surface area contributed by atoms with Crippen LogP contribution in [0.25, 0.3) is 0 Å². The van der Waals surface area contributed by atoms with E-state index in [0.717, 1.165) is 37.5 Å². The summed E-state index contributed by atoms with van der Waals surface area (Å²) in [5.74, 6) is 3.32. The highest BCUT2D eigenvalue weighted by atomic mass is 16.3. The summed E-state index contributed by atoms with van der Waals surface area (Å²) >= 11 is 0. The predicted octanol–water partition coefficient (Wildman–Crippen LogP) is 3.75. The largest absolute Gasteiger partial charge is 0.396 e. The van der Waals surface area contributed by atoms with Crippen LogP contribution < -0.4 is 0 Å². The molecule has 144 valence electrons. The molecule has 0 aromatic rings. The Hall–Kier alpha value is -0.120. The van der Waals surface area contributed by atoms with Crippen LogP contribution in [0.3, 0.4) is 0 Å². The van der Waals surface area contributed by atoms with Gasteiger partial charge in [0, 0.05) is 6.61 Å². The first-order valence-electron chi connectivity index (χ1n) is 10.9. The summed E-state index contributed by atoms with van der Waals surface area (Å²) in [5.41, 5.74) is 0.510. The average molecular weight is 351 g/mol. The molecule has 0 aromatic heterocycles. The summed E-state index contributed by atoms with van der Waals surface area (Å²) in [6.45, 7) is 5.13. The highest BCUT2D eigenvalue weighted by Gasteiger charge is 2.61. The molecule has 3 N–H and O–H groups in total. The number of rotatable bonds is 3. The van der Waals surface area contributed by atoms with Gasteiger partial charge in [-0.15, -0.1) is 0 Å². The monoisotopic (exact) mass is 350 g/mol. The van der Waals surface area contributed by atoms with E-state index in [1.165, 1.54) is 38.5 Å². The van der Waals surface area contributed by atoms with Gasteiger partial charge in [0.2, 0.25) is 0 Å². The van der Waals surface area contributed by atoms with Crippen molar-refractivity contribution < 1.29 is 15.3 Å². The smallest absolute Gasteiger partial charge is 0.0624 e. The molecule has 0 spiro atoms. The lowest BCUT2D eigenvalue weighted by molar-refractivity contribution is -0.134. The van der Waals surface area contributed by atoms with Crippen molar-refractivity contribution in [1.29, 1.82) is 0 Å². The van der Waals surface area contributed by atoms with Gasteiger partial charge in [-0.3, -0.25) is 0 Å². The second-order valence-electron chi connectivity index (χ2n) is 10.4. The molecule has 0 amide bonds. The minimum absolute atomic E-state index is 0.0698. The Morgan fingerprint density at radius 3 is 2.40 bits per heavy atom. The first-order valence-corrected chi connectivity index (χ1v) is 10.9. The highest BCUT2D eigenvalue weighted by molar-refractivity contribution is 5.11. The highest BCUT2D eigenvalue weighted by Crippen LogP contribution is 2.67. The summed E-state index contributed by atoms with van der Waals surface area (Å²) in [5, 5.41) is 30.4. The van der Waals surface area contributed by atoms with Crippen molar-refractivity contribution in [1.82, 2.24) is 0 Å². The zero-order chi connectivity index (χ0) is 17.8. The van der Waals surface area contributed by atoms with Gasteiger partial charge in [0.1, 0.15) is 0 Å². The van der Waals surface area contributed by atoms with E-state index in [1.54, 1.807) is 0 Å². The van der Waals surface area contributed by atoms with Crippen molar-refractivity contribution in [3.8, 4) is 0 Å². The lowest BCUT2D eigenvalue weighted by Gasteiger charge is -2.60. The normalized spacial score (nSPS) is 55.3. The Labute approximate surface area is 153 Å². The van der Waals surface area contributed by atoms with Gasteiger partial charge >= 0.3 is 0 Å². The van der Waals surface area contributed by atoms with E-state index in [4.69, 9.17) is 0 Å². The standard InChI is InChI=1S/C22H38O3/c1-21-9-7-16(24)13-15(21)5-6-17-18(21)8-10-22(2)19(17)12-14(20(22)25)4-3-11-23/h14-20,23-25H,3-13H2,1-2H3/t14-,15+,16-,17-,18+,19+,20+,21+,22+/m1/s1. The molecular weight excluding hydrogens is 312 g/mol. The van der Waals surface area contributed by atoms with Crippen molar-refractivity contribution >= 4 is 0 Å². The minimum atomic E-state index is -0.177. The van der Waals surface area contributed by atoms with Crippen LogP contribution in [0, 0.1) is 40.4 Å². The van der Waals surface area contributed by atoms with Crippen LogP contribution in [0.1, 0.15) is 78.1 Å². The van der Waals surface area contributed by atoms with Gasteiger partial charge in [-0.1, -0.05) is 13.8 Å². The molecule has 9 atom stereocenters. The fraction of sp³-hybridized carbons (Fsp3) is 1.00. The zero-order valence-corrected chi connectivity index (χ0v) is 16.2. The average Bonchev–Trinajstić information content (AvgIpc) is 2.85. The van der Waals surface area contributed by atoms with Gasteiger partial charge in [-0.25, -0.2) is 0 Å². The molecule has 3 heteroatoms. The van der Waals surface area contributed by atoms with Gasteiger partial charge < -0.3 is 15.3 Å². The van der Waals surface area contributed by atoms with Crippen LogP contribution in [0.4, 0.5) is 0 Å². The van der Waals surface area contributed by atoms with E-state index in [9.17, 15) is 15.3 Å². The summed E-state index contributed by atoms with van der Waals surface area (Å²) in [6, 6.07) is 0. The SMILES string of the molecule is C[C@]12CC[C@@H](O)C[C@@H]1CC[C@@H]1[C@@H]2CC[C@]2(C)[C@@H](O)[C@H](CCCO)C[C@@H]12. The fourth-order valence-electron chi connectivity index (χ4n) is 8.02. The molecule has 0 heterocycles. The molecule has 25 heavy (non-hydrogen) atoms. The third-order valence-electron chi connectivity index (χ3n) is 9.49. The molecule has 4 saturated carbocycles. The first kappa shape index (κ1) is 18.3. The Morgan fingerprint density at radius 1 is 0.880 bits per heavy atom. The van der Waals surface area contributed by atoms with Gasteiger partial charge in [-0.2, -0.15) is 0 Å². The van der Waals surface area contributed by atoms with Gasteiger partial charge in [0.25, 0.3) is 0 Å². The van der Waals surface area contributed by atoms with E-state index in [2.05, 4.69) is 13.8 Å². The van der Waals surface area contributed by atoms with Crippen LogP contribution in [0.2, 0.25) is 0 Å². The molecule has 4 rings (SSSR count). The maximum Gasteiger partial charge on any atom is 0.0624 e. The number of hydrogen-bond acceptors (Lipinski definition) is 3. The topological polar surface area (TPSA) is 60.7 Å². The molecule has 4 aliphatic rings. The quantitative estimate of drug-likeness (QED) is 0.726. The summed E-state index contributed by atoms with van der Waals surface area (Å²) in [4.78, 5) is 0. The summed E-state index contributed by atoms with van der Waals surface area (Å²) < 4.78 is 0. The number of hydrogen-bond donors (Lipinski definition) is 3. The molecule has 0 saturated heterocycles. The lowest BCUT2D eigenvalue weighted by Crippen LogP contribution is -2.54. The van der Waals surface area contributed by atoms with Crippen LogP contribution >= 0.6 is 0 Å². The second kappa shape index (κ2) is 6.49. The third-order valence-corrected chi connectivity index (χ3v) is 9.49. The Morgan fingerprint density at radius 2 is 1.64 bits per heavy atom. The molecule has 0 radical (unpaired) electrons. The summed E-state index contributed by atoms with van der Waals surface area (Å²) in [7, 11) is 0. The molecule has 0 aliphatic heterocycles. The zero-order valence-electron chi connectivity index (χ0n) is 16.2. The Bertz CT molecular complexity index is 494. The third kappa shape index (κ3) is 2.72. The maximum absolute atomic E-state index is 11.1. The Balaban J connectivity index is 1.56. The maximum atomic E-state index is 11.1. The Kier molecular flexibility index (Phi) is 4.74. The second-order valence-corrected chi connectivity index (χ2v) is 10.4. The predicted molar refractivity (Wildman–Crippen MR) is 98.9 cm³/mol. The van der Waals surface area contributed by atoms with Crippen molar-refractivity contribution in [2.45, 2.75) is 90.3 Å². The van der Waals surface area contributed by atoms with Crippen LogP contribution in [-0.4, -0.2) is 34.1 Å². The number of fused-ring (bicyclic) bond motifs is 5. The number of aliphatic hydroxyl groups is 3. The van der Waals surface area contributed by atoms with Crippen LogP contribution in [0.15, 0.2) is 0 Å². The van der Waals surface area contributed by atoms with E-state index < -0.39 is 0 Å². The van der Waals surface area contributed by atoms with Crippen LogP contribution in [-0.2, 0) is 0 Å². The summed E-state index contributed by atoms with van der Waals surface area (Å²) in [6.07, 6.45) is 10.9. The molecule has 0 unspecified atom stereocenters. The first-order chi connectivity index (χ1) is 11.9. The molecule has 4 fully saturated rings. The van der Waals surface area contributed by atoms with Crippen molar-refractivity contribution in [2.75, 3.05) is 6.61 Å². The van der Waals surface area contributed by atoms with E-state index >= 15 is 0 Å². The van der Waals surface area contributed by atoms with Crippen molar-refractivity contribution in [3.05, 3.63) is 0 Å². The van der Waals surface area contributed by atoms with Gasteiger partial charge in [-0.05, 0) is 105 Å². The molecule has 4 aliphatic carbocycles. The molecule has 3 nitrogen and oxygen atoms in total. The molecule has 0 aromatic carbocycles. The van der Waals surface area contributed by atoms with Crippen molar-refractivity contribution in [2.24, 2.45) is 40.4 Å². The molecular formula is C22H38O3. The van der Waals surface area contributed by atoms with Gasteiger partial charge in [0.15, 0.2) is 0 Å². The lowest BCUT2D eigenvalue weighted by atomic mass is 9.45.